The van der Waals surface area contributed by atoms with Crippen LogP contribution in [0.5, 0.6) is 0 Å². The third-order valence-electron chi connectivity index (χ3n) is 4.22. The van der Waals surface area contributed by atoms with E-state index in [9.17, 15) is 14.4 Å². The fraction of sp³-hybridized carbons (Fsp3) is 0.500. The van der Waals surface area contributed by atoms with E-state index in [1.54, 1.807) is 6.92 Å². The maximum Gasteiger partial charge on any atom is 0.325 e. The number of carbonyl (C=O) groups excluding carboxylic acids is 3. The van der Waals surface area contributed by atoms with Gasteiger partial charge in [0, 0.05) is 6.54 Å². The van der Waals surface area contributed by atoms with E-state index in [0.717, 1.165) is 29.7 Å². The predicted molar refractivity (Wildman–Crippen MR) is 91.3 cm³/mol. The van der Waals surface area contributed by atoms with Crippen molar-refractivity contribution in [1.29, 1.82) is 0 Å². The number of urea groups is 1. The van der Waals surface area contributed by atoms with Crippen LogP contribution in [0.1, 0.15) is 44.7 Å². The van der Waals surface area contributed by atoms with Crippen molar-refractivity contribution in [2.75, 3.05) is 13.1 Å². The fourth-order valence-corrected chi connectivity index (χ4v) is 2.79. The average Bonchev–Trinajstić information content (AvgIpc) is 2.78. The van der Waals surface area contributed by atoms with Crippen molar-refractivity contribution in [3.8, 4) is 0 Å². The molecule has 1 saturated heterocycles. The Labute approximate surface area is 142 Å². The number of hydrogen-bond acceptors (Lipinski definition) is 3. The van der Waals surface area contributed by atoms with E-state index in [1.165, 1.54) is 5.56 Å². The highest BCUT2D eigenvalue weighted by Gasteiger charge is 2.49. The summed E-state index contributed by atoms with van der Waals surface area (Å²) >= 11 is 0. The number of amides is 4. The van der Waals surface area contributed by atoms with Crippen LogP contribution in [0.2, 0.25) is 0 Å². The van der Waals surface area contributed by atoms with E-state index in [-0.39, 0.29) is 12.5 Å². The quantitative estimate of drug-likeness (QED) is 0.750. The molecule has 0 aromatic heterocycles. The van der Waals surface area contributed by atoms with Crippen LogP contribution in [0, 0.1) is 0 Å². The van der Waals surface area contributed by atoms with Crippen LogP contribution in [-0.4, -0.2) is 35.8 Å². The van der Waals surface area contributed by atoms with Gasteiger partial charge in [0.1, 0.15) is 12.1 Å². The Morgan fingerprint density at radius 3 is 2.42 bits per heavy atom. The second-order valence-electron chi connectivity index (χ2n) is 6.24. The number of nitrogens with zero attached hydrogens (tertiary/aromatic N) is 1. The number of rotatable bonds is 7. The van der Waals surface area contributed by atoms with Gasteiger partial charge in [-0.15, -0.1) is 0 Å². The highest BCUT2D eigenvalue weighted by Crippen LogP contribution is 2.29. The summed E-state index contributed by atoms with van der Waals surface area (Å²) in [7, 11) is 0. The van der Waals surface area contributed by atoms with Gasteiger partial charge < -0.3 is 10.6 Å². The van der Waals surface area contributed by atoms with Crippen molar-refractivity contribution < 1.29 is 14.4 Å². The minimum absolute atomic E-state index is 0.256. The van der Waals surface area contributed by atoms with Crippen LogP contribution in [0.15, 0.2) is 24.3 Å². The molecule has 1 aliphatic heterocycles. The van der Waals surface area contributed by atoms with Gasteiger partial charge in [-0.25, -0.2) is 4.79 Å². The van der Waals surface area contributed by atoms with Gasteiger partial charge in [0.25, 0.3) is 5.91 Å². The molecule has 1 heterocycles. The van der Waals surface area contributed by atoms with E-state index >= 15 is 0 Å². The van der Waals surface area contributed by atoms with Crippen LogP contribution in [0.3, 0.4) is 0 Å². The normalized spacial score (nSPS) is 20.2. The van der Waals surface area contributed by atoms with E-state index in [4.69, 9.17) is 0 Å². The van der Waals surface area contributed by atoms with Gasteiger partial charge in [-0.2, -0.15) is 0 Å². The van der Waals surface area contributed by atoms with Crippen molar-refractivity contribution in [2.24, 2.45) is 0 Å². The molecule has 0 saturated carbocycles. The number of aryl methyl sites for hydroxylation is 1. The zero-order valence-electron chi connectivity index (χ0n) is 14.5. The molecule has 1 fully saturated rings. The molecule has 0 aliphatic carbocycles. The first-order chi connectivity index (χ1) is 11.4. The first-order valence-corrected chi connectivity index (χ1v) is 8.42. The third-order valence-corrected chi connectivity index (χ3v) is 4.22. The molecule has 2 N–H and O–H groups in total. The summed E-state index contributed by atoms with van der Waals surface area (Å²) in [6, 6.07) is 7.14. The maximum absolute atomic E-state index is 12.7. The molecule has 130 valence electrons. The largest absolute Gasteiger partial charge is 0.355 e. The van der Waals surface area contributed by atoms with Crippen LogP contribution in [0.4, 0.5) is 4.79 Å². The van der Waals surface area contributed by atoms with Gasteiger partial charge in [-0.1, -0.05) is 44.5 Å². The van der Waals surface area contributed by atoms with Crippen LogP contribution >= 0.6 is 0 Å². The van der Waals surface area contributed by atoms with Gasteiger partial charge in [0.2, 0.25) is 5.91 Å². The van der Waals surface area contributed by atoms with Crippen molar-refractivity contribution in [2.45, 2.75) is 45.6 Å². The van der Waals surface area contributed by atoms with E-state index in [2.05, 4.69) is 17.6 Å². The van der Waals surface area contributed by atoms with Crippen molar-refractivity contribution >= 4 is 17.8 Å². The summed E-state index contributed by atoms with van der Waals surface area (Å²) in [5.74, 6) is -0.731. The molecule has 2 rings (SSSR count). The topological polar surface area (TPSA) is 78.5 Å². The monoisotopic (exact) mass is 331 g/mol. The third kappa shape index (κ3) is 3.58. The fourth-order valence-electron chi connectivity index (χ4n) is 2.79. The summed E-state index contributed by atoms with van der Waals surface area (Å²) in [6.07, 6.45) is 2.82. The zero-order valence-corrected chi connectivity index (χ0v) is 14.5. The molecule has 6 nitrogen and oxygen atoms in total. The molecule has 0 bridgehead atoms. The predicted octanol–water partition coefficient (Wildman–Crippen LogP) is 1.93. The molecule has 0 unspecified atom stereocenters. The lowest BCUT2D eigenvalue weighted by atomic mass is 9.91. The lowest BCUT2D eigenvalue weighted by Crippen LogP contribution is -2.43. The van der Waals surface area contributed by atoms with Crippen LogP contribution in [-0.2, 0) is 21.5 Å². The van der Waals surface area contributed by atoms with E-state index in [1.807, 2.05) is 31.2 Å². The van der Waals surface area contributed by atoms with Crippen molar-refractivity contribution in [1.82, 2.24) is 15.5 Å². The highest BCUT2D eigenvalue weighted by molar-refractivity contribution is 6.09. The van der Waals surface area contributed by atoms with E-state index < -0.39 is 17.5 Å². The second-order valence-corrected chi connectivity index (χ2v) is 6.24. The Bertz CT molecular complexity index is 627. The Kier molecular flexibility index (Phi) is 5.59. The summed E-state index contributed by atoms with van der Waals surface area (Å²) < 4.78 is 0. The summed E-state index contributed by atoms with van der Waals surface area (Å²) in [5.41, 5.74) is 0.780. The molecule has 1 aliphatic rings. The maximum atomic E-state index is 12.7. The number of carbonyl (C=O) groups is 3. The Morgan fingerprint density at radius 1 is 1.17 bits per heavy atom. The highest BCUT2D eigenvalue weighted by atomic mass is 16.2. The molecule has 0 radical (unpaired) electrons. The molecule has 24 heavy (non-hydrogen) atoms. The number of hydrogen-bond donors (Lipinski definition) is 2. The average molecular weight is 331 g/mol. The second kappa shape index (κ2) is 7.47. The Hall–Kier alpha value is -2.37. The minimum atomic E-state index is -1.13. The molecule has 1 aromatic rings. The van der Waals surface area contributed by atoms with E-state index in [0.29, 0.717) is 6.54 Å². The standard InChI is InChI=1S/C18H25N3O3/c1-4-6-13-7-9-14(10-8-13)18(3)16(23)21(17(24)20-18)12-15(22)19-11-5-2/h7-10H,4-6,11-12H2,1-3H3,(H,19,22)(H,20,24)/t18-/m1/s1. The minimum Gasteiger partial charge on any atom is -0.355 e. The lowest BCUT2D eigenvalue weighted by molar-refractivity contribution is -0.134. The Balaban J connectivity index is 2.14. The van der Waals surface area contributed by atoms with Gasteiger partial charge in [0.05, 0.1) is 0 Å². The molecule has 0 spiro atoms. The molecule has 4 amide bonds. The molecule has 1 atom stereocenters. The number of benzene rings is 1. The van der Waals surface area contributed by atoms with Gasteiger partial charge in [-0.05, 0) is 30.9 Å². The Morgan fingerprint density at radius 2 is 1.83 bits per heavy atom. The molecule has 6 heteroatoms. The van der Waals surface area contributed by atoms with Crippen molar-refractivity contribution in [3.63, 3.8) is 0 Å². The molecular formula is C18H25N3O3. The lowest BCUT2D eigenvalue weighted by Gasteiger charge is -2.22. The SMILES string of the molecule is CCCNC(=O)CN1C(=O)N[C@](C)(c2ccc(CCC)cc2)C1=O. The van der Waals surface area contributed by atoms with Crippen LogP contribution in [0.25, 0.3) is 0 Å². The van der Waals surface area contributed by atoms with Gasteiger partial charge in [-0.3, -0.25) is 14.5 Å². The van der Waals surface area contributed by atoms with Gasteiger partial charge >= 0.3 is 6.03 Å². The zero-order chi connectivity index (χ0) is 17.7. The summed E-state index contributed by atoms with van der Waals surface area (Å²) in [5, 5.41) is 5.39. The number of imide groups is 1. The molecular weight excluding hydrogens is 306 g/mol. The molecule has 1 aromatic carbocycles. The summed E-state index contributed by atoms with van der Waals surface area (Å²) in [6.45, 7) is 5.99. The van der Waals surface area contributed by atoms with Crippen molar-refractivity contribution in [3.05, 3.63) is 35.4 Å². The summed E-state index contributed by atoms with van der Waals surface area (Å²) in [4.78, 5) is 37.7. The smallest absolute Gasteiger partial charge is 0.325 e. The van der Waals surface area contributed by atoms with Crippen LogP contribution < -0.4 is 10.6 Å². The first kappa shape index (κ1) is 18.0. The number of nitrogens with one attached hydrogen (secondary N) is 2. The first-order valence-electron chi connectivity index (χ1n) is 8.42. The van der Waals surface area contributed by atoms with Gasteiger partial charge in [0.15, 0.2) is 0 Å².